The molecule has 1 aliphatic heterocycles. The van der Waals surface area contributed by atoms with Crippen LogP contribution in [-0.2, 0) is 14.8 Å². The number of carbonyl (C=O) groups excluding carboxylic acids is 2. The first-order chi connectivity index (χ1) is 18.6. The molecule has 0 bridgehead atoms. The van der Waals surface area contributed by atoms with E-state index < -0.39 is 22.2 Å². The van der Waals surface area contributed by atoms with Crippen LogP contribution in [0.1, 0.15) is 56.3 Å². The van der Waals surface area contributed by atoms with Crippen molar-refractivity contribution in [2.75, 3.05) is 32.1 Å². The molecule has 1 aliphatic carbocycles. The van der Waals surface area contributed by atoms with E-state index >= 15 is 0 Å². The van der Waals surface area contributed by atoms with Crippen LogP contribution in [-0.4, -0.2) is 73.4 Å². The summed E-state index contributed by atoms with van der Waals surface area (Å²) in [5, 5.41) is 12.9. The number of likely N-dealkylation sites (N-methyl/N-ethyl adjacent to an activating group) is 1. The number of rotatable bonds is 8. The minimum Gasteiger partial charge on any atom is -0.486 e. The Morgan fingerprint density at radius 2 is 1.82 bits per heavy atom. The van der Waals surface area contributed by atoms with E-state index in [1.165, 1.54) is 11.4 Å². The van der Waals surface area contributed by atoms with Gasteiger partial charge in [-0.1, -0.05) is 50.5 Å². The highest BCUT2D eigenvalue weighted by Crippen LogP contribution is 2.36. The van der Waals surface area contributed by atoms with Crippen molar-refractivity contribution >= 4 is 27.5 Å². The van der Waals surface area contributed by atoms with E-state index in [0.29, 0.717) is 5.69 Å². The molecule has 0 aromatic heterocycles. The van der Waals surface area contributed by atoms with Crippen LogP contribution in [0.15, 0.2) is 53.4 Å². The summed E-state index contributed by atoms with van der Waals surface area (Å²) in [5.74, 6) is -0.567. The van der Waals surface area contributed by atoms with Gasteiger partial charge in [0.25, 0.3) is 5.91 Å². The fourth-order valence-electron chi connectivity index (χ4n) is 5.28. The number of amides is 2. The largest absolute Gasteiger partial charge is 0.486 e. The fraction of sp³-hybridized carbons (Fsp3) is 0.517. The normalized spacial score (nSPS) is 21.5. The molecule has 2 N–H and O–H groups in total. The highest BCUT2D eigenvalue weighted by atomic mass is 32.2. The van der Waals surface area contributed by atoms with Crippen molar-refractivity contribution in [2.24, 2.45) is 11.8 Å². The number of carbonyl (C=O) groups is 2. The molecule has 2 aromatic rings. The highest BCUT2D eigenvalue weighted by Gasteiger charge is 2.36. The maximum absolute atomic E-state index is 13.7. The lowest BCUT2D eigenvalue weighted by atomic mass is 9.88. The first-order valence-electron chi connectivity index (χ1n) is 13.7. The van der Waals surface area contributed by atoms with Crippen LogP contribution < -0.4 is 10.1 Å². The third-order valence-corrected chi connectivity index (χ3v) is 9.65. The molecule has 1 saturated carbocycles. The van der Waals surface area contributed by atoms with Crippen LogP contribution in [0.25, 0.3) is 0 Å². The van der Waals surface area contributed by atoms with Crippen LogP contribution in [0.3, 0.4) is 0 Å². The Balaban J connectivity index is 1.69. The summed E-state index contributed by atoms with van der Waals surface area (Å²) in [6, 6.07) is 12.8. The van der Waals surface area contributed by atoms with Crippen LogP contribution in [0.5, 0.6) is 5.75 Å². The number of ether oxygens (including phenoxy) is 1. The van der Waals surface area contributed by atoms with Crippen molar-refractivity contribution in [1.29, 1.82) is 0 Å². The second-order valence-electron chi connectivity index (χ2n) is 10.7. The molecule has 2 aliphatic rings. The van der Waals surface area contributed by atoms with Gasteiger partial charge in [-0.2, -0.15) is 4.31 Å². The average Bonchev–Trinajstić information content (AvgIpc) is 2.95. The second kappa shape index (κ2) is 12.5. The minimum atomic E-state index is -3.79. The van der Waals surface area contributed by atoms with Crippen molar-refractivity contribution in [2.45, 2.75) is 63.0 Å². The average molecular weight is 558 g/mol. The molecule has 39 heavy (non-hydrogen) atoms. The Hall–Kier alpha value is -2.95. The zero-order valence-corrected chi connectivity index (χ0v) is 23.7. The molecule has 212 valence electrons. The second-order valence-corrected chi connectivity index (χ2v) is 12.8. The molecule has 1 fully saturated rings. The summed E-state index contributed by atoms with van der Waals surface area (Å²) in [5.41, 5.74) is 0.655. The number of fused-ring (bicyclic) bond motifs is 1. The quantitative estimate of drug-likeness (QED) is 0.511. The first kappa shape index (κ1) is 29.0. The topological polar surface area (TPSA) is 116 Å². The van der Waals surface area contributed by atoms with Crippen molar-refractivity contribution in [3.8, 4) is 5.75 Å². The third kappa shape index (κ3) is 6.45. The van der Waals surface area contributed by atoms with Crippen molar-refractivity contribution in [3.05, 3.63) is 54.1 Å². The number of nitrogens with one attached hydrogen (secondary N) is 1. The summed E-state index contributed by atoms with van der Waals surface area (Å²) in [6.07, 6.45) is 4.15. The molecule has 10 heteroatoms. The molecule has 3 atom stereocenters. The van der Waals surface area contributed by atoms with Crippen molar-refractivity contribution in [1.82, 2.24) is 9.21 Å². The monoisotopic (exact) mass is 557 g/mol. The molecule has 0 saturated heterocycles. The Bertz CT molecular complexity index is 1260. The van der Waals surface area contributed by atoms with Crippen LogP contribution in [0.4, 0.5) is 5.69 Å². The van der Waals surface area contributed by atoms with Gasteiger partial charge in [-0.25, -0.2) is 8.42 Å². The van der Waals surface area contributed by atoms with Gasteiger partial charge in [-0.15, -0.1) is 0 Å². The van der Waals surface area contributed by atoms with Gasteiger partial charge in [0.2, 0.25) is 15.9 Å². The minimum absolute atomic E-state index is 0.0261. The Morgan fingerprint density at radius 3 is 2.49 bits per heavy atom. The molecule has 0 spiro atoms. The lowest BCUT2D eigenvalue weighted by Gasteiger charge is -2.38. The van der Waals surface area contributed by atoms with Gasteiger partial charge in [0, 0.05) is 25.4 Å². The van der Waals surface area contributed by atoms with Crippen LogP contribution >= 0.6 is 0 Å². The van der Waals surface area contributed by atoms with Gasteiger partial charge in [0.1, 0.15) is 6.10 Å². The zero-order valence-electron chi connectivity index (χ0n) is 22.9. The lowest BCUT2D eigenvalue weighted by molar-refractivity contribution is -0.120. The van der Waals surface area contributed by atoms with E-state index in [9.17, 15) is 23.1 Å². The maximum atomic E-state index is 13.7. The number of sulfonamides is 1. The molecule has 4 rings (SSSR count). The number of anilines is 1. The molecule has 0 radical (unpaired) electrons. The number of nitrogens with zero attached hydrogens (tertiary/aromatic N) is 2. The van der Waals surface area contributed by atoms with Gasteiger partial charge in [0.05, 0.1) is 35.3 Å². The van der Waals surface area contributed by atoms with E-state index in [2.05, 4.69) is 5.32 Å². The summed E-state index contributed by atoms with van der Waals surface area (Å²) < 4.78 is 34.3. The lowest BCUT2D eigenvalue weighted by Crippen LogP contribution is -2.50. The van der Waals surface area contributed by atoms with Gasteiger partial charge in [0.15, 0.2) is 5.75 Å². The summed E-state index contributed by atoms with van der Waals surface area (Å²) in [6.45, 7) is 3.73. The van der Waals surface area contributed by atoms with Crippen LogP contribution in [0, 0.1) is 11.8 Å². The summed E-state index contributed by atoms with van der Waals surface area (Å²) in [7, 11) is -2.28. The molecular weight excluding hydrogens is 518 g/mol. The molecule has 2 aromatic carbocycles. The standard InChI is InChI=1S/C29H39N3O6S/c1-20-17-32(21(2)19-33)29(35)24-15-10-16-25(30-28(34)22-11-6-4-7-12-22)27(24)38-26(20)18-31(3)39(36,37)23-13-8-5-9-14-23/h5,8-10,13-16,20-22,26,33H,4,6-7,11-12,17-19H2,1-3H3,(H,30,34)/t20-,21-,26-/m1/s1. The fourth-order valence-corrected chi connectivity index (χ4v) is 6.49. The van der Waals surface area contributed by atoms with Crippen molar-refractivity contribution in [3.63, 3.8) is 0 Å². The number of aliphatic hydroxyl groups excluding tert-OH is 1. The van der Waals surface area contributed by atoms with Gasteiger partial charge in [-0.3, -0.25) is 9.59 Å². The predicted molar refractivity (Wildman–Crippen MR) is 149 cm³/mol. The van der Waals surface area contributed by atoms with Crippen molar-refractivity contribution < 1.29 is 27.9 Å². The predicted octanol–water partition coefficient (Wildman–Crippen LogP) is 3.75. The highest BCUT2D eigenvalue weighted by molar-refractivity contribution is 7.89. The van der Waals surface area contributed by atoms with E-state index in [0.717, 1.165) is 32.1 Å². The van der Waals surface area contributed by atoms with E-state index in [1.807, 2.05) is 6.92 Å². The maximum Gasteiger partial charge on any atom is 0.258 e. The molecule has 1 heterocycles. The number of para-hydroxylation sites is 1. The third-order valence-electron chi connectivity index (χ3n) is 7.81. The first-order valence-corrected chi connectivity index (χ1v) is 15.1. The Morgan fingerprint density at radius 1 is 1.13 bits per heavy atom. The van der Waals surface area contributed by atoms with Gasteiger partial charge >= 0.3 is 0 Å². The van der Waals surface area contributed by atoms with E-state index in [1.54, 1.807) is 60.4 Å². The molecule has 0 unspecified atom stereocenters. The van der Waals surface area contributed by atoms with E-state index in [-0.39, 0.29) is 59.6 Å². The molecular formula is C29H39N3O6S. The smallest absolute Gasteiger partial charge is 0.258 e. The van der Waals surface area contributed by atoms with E-state index in [4.69, 9.17) is 4.74 Å². The Labute approximate surface area is 231 Å². The SMILES string of the molecule is C[C@@H]1CN([C@H](C)CO)C(=O)c2cccc(NC(=O)C3CCCCC3)c2O[C@@H]1CN(C)S(=O)(=O)c1ccccc1. The van der Waals surface area contributed by atoms with Gasteiger partial charge in [-0.05, 0) is 44.0 Å². The number of hydrogen-bond donors (Lipinski definition) is 2. The van der Waals surface area contributed by atoms with Gasteiger partial charge < -0.3 is 20.1 Å². The number of aliphatic hydroxyl groups is 1. The molecule has 2 amide bonds. The van der Waals surface area contributed by atoms with Crippen LogP contribution in [0.2, 0.25) is 0 Å². The summed E-state index contributed by atoms with van der Waals surface area (Å²) in [4.78, 5) is 28.6. The number of benzene rings is 2. The molecule has 9 nitrogen and oxygen atoms in total. The number of hydrogen-bond acceptors (Lipinski definition) is 6. The summed E-state index contributed by atoms with van der Waals surface area (Å²) >= 11 is 0. The zero-order chi connectivity index (χ0) is 28.2. The Kier molecular flexibility index (Phi) is 9.30.